The highest BCUT2D eigenvalue weighted by Gasteiger charge is 2.28. The van der Waals surface area contributed by atoms with Crippen LogP contribution in [0.4, 0.5) is 0 Å². The Balaban J connectivity index is 2.01. The molecule has 0 saturated carbocycles. The van der Waals surface area contributed by atoms with Gasteiger partial charge >= 0.3 is 0 Å². The van der Waals surface area contributed by atoms with E-state index in [-0.39, 0.29) is 5.38 Å². The Kier molecular flexibility index (Phi) is 4.69. The average Bonchev–Trinajstić information content (AvgIpc) is 2.34. The van der Waals surface area contributed by atoms with Gasteiger partial charge in [0.05, 0.1) is 0 Å². The van der Waals surface area contributed by atoms with Crippen LogP contribution in [0.5, 0.6) is 0 Å². The number of alkyl halides is 1. The first-order valence-corrected chi connectivity index (χ1v) is 7.29. The fraction of sp³-hybridized carbons (Fsp3) is 0.625. The molecule has 2 heteroatoms. The van der Waals surface area contributed by atoms with E-state index in [0.717, 1.165) is 26.1 Å². The van der Waals surface area contributed by atoms with E-state index in [1.54, 1.807) is 0 Å². The molecule has 0 aromatic heterocycles. The Morgan fingerprint density at radius 2 is 2.11 bits per heavy atom. The summed E-state index contributed by atoms with van der Waals surface area (Å²) in [7, 11) is 0. The summed E-state index contributed by atoms with van der Waals surface area (Å²) < 4.78 is 5.49. The van der Waals surface area contributed by atoms with Crippen LogP contribution >= 0.6 is 11.6 Å². The van der Waals surface area contributed by atoms with Crippen LogP contribution in [-0.4, -0.2) is 18.6 Å². The summed E-state index contributed by atoms with van der Waals surface area (Å²) in [5.74, 6) is 1.16. The lowest BCUT2D eigenvalue weighted by atomic mass is 9.84. The smallest absolute Gasteiger partial charge is 0.0494 e. The fourth-order valence-electron chi connectivity index (χ4n) is 2.74. The van der Waals surface area contributed by atoms with Crippen LogP contribution in [0, 0.1) is 25.7 Å². The number of hydrogen-bond acceptors (Lipinski definition) is 1. The van der Waals surface area contributed by atoms with Crippen LogP contribution < -0.4 is 0 Å². The van der Waals surface area contributed by atoms with Crippen molar-refractivity contribution in [1.29, 1.82) is 0 Å². The van der Waals surface area contributed by atoms with E-state index in [4.69, 9.17) is 16.3 Å². The SMILES string of the molecule is Cc1ccc(CC(Cl)C2CCOCC2C)cc1C. The average molecular weight is 267 g/mol. The highest BCUT2D eigenvalue weighted by Crippen LogP contribution is 2.30. The van der Waals surface area contributed by atoms with Crippen molar-refractivity contribution in [1.82, 2.24) is 0 Å². The molecule has 0 aliphatic carbocycles. The topological polar surface area (TPSA) is 9.23 Å². The van der Waals surface area contributed by atoms with Gasteiger partial charge in [-0.15, -0.1) is 11.6 Å². The van der Waals surface area contributed by atoms with Crippen LogP contribution in [-0.2, 0) is 11.2 Å². The predicted octanol–water partition coefficient (Wildman–Crippen LogP) is 4.13. The van der Waals surface area contributed by atoms with Gasteiger partial charge in [-0.05, 0) is 55.2 Å². The Bertz CT molecular complexity index is 402. The summed E-state index contributed by atoms with van der Waals surface area (Å²) in [4.78, 5) is 0. The van der Waals surface area contributed by atoms with Gasteiger partial charge in [0.15, 0.2) is 0 Å². The quantitative estimate of drug-likeness (QED) is 0.748. The molecule has 0 amide bonds. The van der Waals surface area contributed by atoms with Crippen LogP contribution in [0.2, 0.25) is 0 Å². The maximum atomic E-state index is 6.63. The molecule has 0 N–H and O–H groups in total. The second-order valence-electron chi connectivity index (χ2n) is 5.64. The standard InChI is InChI=1S/C16H23ClO/c1-11-4-5-14(8-12(11)2)9-16(17)15-6-7-18-10-13(15)3/h4-5,8,13,15-16H,6-7,9-10H2,1-3H3. The third-order valence-electron chi connectivity index (χ3n) is 4.17. The molecule has 1 aromatic rings. The molecule has 18 heavy (non-hydrogen) atoms. The normalized spacial score (nSPS) is 26.0. The first kappa shape index (κ1) is 13.9. The third-order valence-corrected chi connectivity index (χ3v) is 4.65. The minimum absolute atomic E-state index is 0.228. The van der Waals surface area contributed by atoms with E-state index in [9.17, 15) is 0 Å². The van der Waals surface area contributed by atoms with Gasteiger partial charge in [-0.2, -0.15) is 0 Å². The predicted molar refractivity (Wildman–Crippen MR) is 77.4 cm³/mol. The zero-order valence-corrected chi connectivity index (χ0v) is 12.3. The van der Waals surface area contributed by atoms with Gasteiger partial charge in [-0.1, -0.05) is 25.1 Å². The van der Waals surface area contributed by atoms with Crippen molar-refractivity contribution >= 4 is 11.6 Å². The first-order valence-electron chi connectivity index (χ1n) is 6.86. The minimum atomic E-state index is 0.228. The Labute approximate surface area is 115 Å². The number of ether oxygens (including phenoxy) is 1. The van der Waals surface area contributed by atoms with Crippen molar-refractivity contribution in [2.45, 2.75) is 39.0 Å². The number of halogens is 1. The van der Waals surface area contributed by atoms with E-state index in [0.29, 0.717) is 11.8 Å². The summed E-state index contributed by atoms with van der Waals surface area (Å²) in [5, 5.41) is 0.228. The highest BCUT2D eigenvalue weighted by atomic mass is 35.5. The van der Waals surface area contributed by atoms with E-state index in [1.165, 1.54) is 16.7 Å². The zero-order chi connectivity index (χ0) is 13.1. The molecule has 0 radical (unpaired) electrons. The van der Waals surface area contributed by atoms with Crippen LogP contribution in [0.3, 0.4) is 0 Å². The molecular formula is C16H23ClO. The summed E-state index contributed by atoms with van der Waals surface area (Å²) in [6, 6.07) is 6.68. The van der Waals surface area contributed by atoms with E-state index >= 15 is 0 Å². The van der Waals surface area contributed by atoms with E-state index < -0.39 is 0 Å². The molecule has 2 rings (SSSR count). The third kappa shape index (κ3) is 3.27. The van der Waals surface area contributed by atoms with Crippen LogP contribution in [0.1, 0.15) is 30.0 Å². The molecule has 3 unspecified atom stereocenters. The summed E-state index contributed by atoms with van der Waals surface area (Å²) in [6.45, 7) is 8.29. The van der Waals surface area contributed by atoms with Gasteiger partial charge < -0.3 is 4.74 Å². The molecule has 1 aliphatic heterocycles. The van der Waals surface area contributed by atoms with Gasteiger partial charge in [0.2, 0.25) is 0 Å². The molecule has 1 heterocycles. The van der Waals surface area contributed by atoms with Crippen molar-refractivity contribution in [2.24, 2.45) is 11.8 Å². The molecule has 3 atom stereocenters. The Morgan fingerprint density at radius 1 is 1.33 bits per heavy atom. The van der Waals surface area contributed by atoms with Crippen molar-refractivity contribution in [3.8, 4) is 0 Å². The summed E-state index contributed by atoms with van der Waals surface area (Å²) in [5.41, 5.74) is 4.07. The molecule has 1 fully saturated rings. The molecule has 1 saturated heterocycles. The van der Waals surface area contributed by atoms with Gasteiger partial charge in [-0.25, -0.2) is 0 Å². The second kappa shape index (κ2) is 6.08. The monoisotopic (exact) mass is 266 g/mol. The van der Waals surface area contributed by atoms with Crippen molar-refractivity contribution in [3.63, 3.8) is 0 Å². The molecular weight excluding hydrogens is 244 g/mol. The zero-order valence-electron chi connectivity index (χ0n) is 11.6. The number of aryl methyl sites for hydroxylation is 2. The lowest BCUT2D eigenvalue weighted by Gasteiger charge is -2.32. The summed E-state index contributed by atoms with van der Waals surface area (Å²) in [6.07, 6.45) is 2.07. The van der Waals surface area contributed by atoms with Crippen LogP contribution in [0.25, 0.3) is 0 Å². The number of benzene rings is 1. The van der Waals surface area contributed by atoms with Gasteiger partial charge in [0.1, 0.15) is 0 Å². The lowest BCUT2D eigenvalue weighted by molar-refractivity contribution is 0.0230. The lowest BCUT2D eigenvalue weighted by Crippen LogP contribution is -2.32. The second-order valence-corrected chi connectivity index (χ2v) is 6.20. The van der Waals surface area contributed by atoms with E-state index in [1.807, 2.05) is 0 Å². The van der Waals surface area contributed by atoms with Crippen molar-refractivity contribution < 1.29 is 4.74 Å². The maximum Gasteiger partial charge on any atom is 0.0494 e. The molecule has 0 spiro atoms. The largest absolute Gasteiger partial charge is 0.381 e. The Morgan fingerprint density at radius 3 is 2.78 bits per heavy atom. The molecule has 1 aromatic carbocycles. The molecule has 1 nitrogen and oxygen atoms in total. The maximum absolute atomic E-state index is 6.63. The van der Waals surface area contributed by atoms with Gasteiger partial charge in [-0.3, -0.25) is 0 Å². The van der Waals surface area contributed by atoms with Crippen LogP contribution in [0.15, 0.2) is 18.2 Å². The van der Waals surface area contributed by atoms with Gasteiger partial charge in [0.25, 0.3) is 0 Å². The Hall–Kier alpha value is -0.530. The van der Waals surface area contributed by atoms with Gasteiger partial charge in [0, 0.05) is 18.6 Å². The summed E-state index contributed by atoms with van der Waals surface area (Å²) >= 11 is 6.63. The highest BCUT2D eigenvalue weighted by molar-refractivity contribution is 6.20. The minimum Gasteiger partial charge on any atom is -0.381 e. The van der Waals surface area contributed by atoms with Crippen molar-refractivity contribution in [3.05, 3.63) is 34.9 Å². The number of rotatable bonds is 3. The molecule has 0 bridgehead atoms. The van der Waals surface area contributed by atoms with E-state index in [2.05, 4.69) is 39.0 Å². The number of hydrogen-bond donors (Lipinski definition) is 0. The molecule has 100 valence electrons. The molecule has 1 aliphatic rings. The first-order chi connectivity index (χ1) is 8.58. The van der Waals surface area contributed by atoms with Crippen molar-refractivity contribution in [2.75, 3.05) is 13.2 Å². The fourth-order valence-corrected chi connectivity index (χ4v) is 3.29.